The molecule has 37 heavy (non-hydrogen) atoms. The molecule has 11 heteroatoms. The molecule has 5 unspecified atom stereocenters. The summed E-state index contributed by atoms with van der Waals surface area (Å²) in [7, 11) is 0. The van der Waals surface area contributed by atoms with Crippen LogP contribution in [0.25, 0.3) is 0 Å². The number of halogens is 2. The third kappa shape index (κ3) is 5.69. The van der Waals surface area contributed by atoms with Gasteiger partial charge in [-0.15, -0.1) is 0 Å². The highest BCUT2D eigenvalue weighted by molar-refractivity contribution is 5.88. The molecule has 200 valence electrons. The van der Waals surface area contributed by atoms with E-state index in [9.17, 15) is 28.4 Å². The maximum absolute atomic E-state index is 13.8. The first-order valence-corrected chi connectivity index (χ1v) is 12.6. The van der Waals surface area contributed by atoms with Crippen LogP contribution in [0.15, 0.2) is 18.2 Å². The summed E-state index contributed by atoms with van der Waals surface area (Å²) in [5.41, 5.74) is -0.392. The maximum atomic E-state index is 13.8. The third-order valence-electron chi connectivity index (χ3n) is 7.19. The van der Waals surface area contributed by atoms with Crippen LogP contribution in [0.2, 0.25) is 0 Å². The fraction of sp³-hybridized carbons (Fsp3) is 0.615. The number of nitrogens with zero attached hydrogens (tertiary/aromatic N) is 4. The van der Waals surface area contributed by atoms with E-state index in [0.29, 0.717) is 37.9 Å². The Morgan fingerprint density at radius 2 is 1.92 bits per heavy atom. The van der Waals surface area contributed by atoms with E-state index in [-0.39, 0.29) is 24.4 Å². The summed E-state index contributed by atoms with van der Waals surface area (Å²) in [4.78, 5) is 44.3. The topological polar surface area (TPSA) is 106 Å². The minimum absolute atomic E-state index is 0.0798. The molecule has 3 saturated heterocycles. The highest BCUT2D eigenvalue weighted by Crippen LogP contribution is 2.38. The van der Waals surface area contributed by atoms with E-state index in [2.05, 4.69) is 11.4 Å². The first kappa shape index (κ1) is 26.8. The van der Waals surface area contributed by atoms with E-state index in [4.69, 9.17) is 4.74 Å². The van der Waals surface area contributed by atoms with Crippen molar-refractivity contribution in [3.05, 3.63) is 35.4 Å². The van der Waals surface area contributed by atoms with Gasteiger partial charge in [-0.2, -0.15) is 5.26 Å². The molecular weight excluding hydrogens is 484 g/mol. The van der Waals surface area contributed by atoms with E-state index in [1.54, 1.807) is 32.6 Å². The Morgan fingerprint density at radius 1 is 1.24 bits per heavy atom. The number of ether oxygens (including phenoxy) is 1. The van der Waals surface area contributed by atoms with Gasteiger partial charge in [0.15, 0.2) is 0 Å². The second-order valence-corrected chi connectivity index (χ2v) is 11.0. The number of alkyl carbamates (subject to hydrolysis) is 1. The van der Waals surface area contributed by atoms with Crippen LogP contribution in [0.3, 0.4) is 0 Å². The molecule has 4 rings (SSSR count). The van der Waals surface area contributed by atoms with Crippen molar-refractivity contribution in [2.75, 3.05) is 19.6 Å². The smallest absolute Gasteiger partial charge is 0.408 e. The number of hydrogen-bond acceptors (Lipinski definition) is 6. The molecule has 0 saturated carbocycles. The standard InChI is InChI=1S/C26H33F2N5O4/c1-15(16-8-17(27)10-18(28)9-16)33-20-11-22(24(33)35)31(13-20)14-21(30-25(36)37-26(2,3)4)23(34)32-7-5-6-19(32)12-29/h8-10,15,19-22H,5-7,11,13-14H2,1-4H3,(H,30,36). The number of carbonyl (C=O) groups is 3. The van der Waals surface area contributed by atoms with Gasteiger partial charge in [-0.25, -0.2) is 13.6 Å². The predicted molar refractivity (Wildman–Crippen MR) is 129 cm³/mol. The number of hydrogen-bond donors (Lipinski definition) is 1. The van der Waals surface area contributed by atoms with Crippen LogP contribution in [0.4, 0.5) is 13.6 Å². The largest absolute Gasteiger partial charge is 0.444 e. The molecular formula is C26H33F2N5O4. The zero-order valence-corrected chi connectivity index (χ0v) is 21.5. The Labute approximate surface area is 215 Å². The lowest BCUT2D eigenvalue weighted by Gasteiger charge is -2.39. The third-order valence-corrected chi connectivity index (χ3v) is 7.19. The Kier molecular flexibility index (Phi) is 7.42. The quantitative estimate of drug-likeness (QED) is 0.622. The average Bonchev–Trinajstić information content (AvgIpc) is 3.50. The molecule has 1 N–H and O–H groups in total. The van der Waals surface area contributed by atoms with Crippen molar-refractivity contribution in [3.63, 3.8) is 0 Å². The Hall–Kier alpha value is -3.26. The summed E-state index contributed by atoms with van der Waals surface area (Å²) in [6.07, 6.45) is 1.03. The molecule has 1 aromatic carbocycles. The minimum Gasteiger partial charge on any atom is -0.444 e. The van der Waals surface area contributed by atoms with Crippen LogP contribution >= 0.6 is 0 Å². The Balaban J connectivity index is 1.49. The SMILES string of the molecule is CC(c1cc(F)cc(F)c1)N1C(=O)C2CC1CN2CC(NC(=O)OC(C)(C)C)C(=O)N1CCCC1C#N. The number of rotatable bonds is 6. The highest BCUT2D eigenvalue weighted by atomic mass is 19.1. The molecule has 3 amide bonds. The summed E-state index contributed by atoms with van der Waals surface area (Å²) < 4.78 is 32.9. The molecule has 5 atom stereocenters. The van der Waals surface area contributed by atoms with E-state index < -0.39 is 47.5 Å². The van der Waals surface area contributed by atoms with Crippen LogP contribution in [0.5, 0.6) is 0 Å². The van der Waals surface area contributed by atoms with Crippen molar-refractivity contribution in [2.45, 2.75) is 82.8 Å². The van der Waals surface area contributed by atoms with Gasteiger partial charge in [0.25, 0.3) is 0 Å². The lowest BCUT2D eigenvalue weighted by molar-refractivity contribution is -0.141. The van der Waals surface area contributed by atoms with Gasteiger partial charge < -0.3 is 19.9 Å². The number of nitrogens with one attached hydrogen (secondary N) is 1. The Morgan fingerprint density at radius 3 is 2.51 bits per heavy atom. The molecule has 0 spiro atoms. The van der Waals surface area contributed by atoms with Crippen LogP contribution in [-0.4, -0.2) is 82.0 Å². The van der Waals surface area contributed by atoms with E-state index >= 15 is 0 Å². The second kappa shape index (κ2) is 10.2. The van der Waals surface area contributed by atoms with Gasteiger partial charge in [-0.05, 0) is 64.7 Å². The number of likely N-dealkylation sites (tertiary alicyclic amines) is 3. The first-order valence-electron chi connectivity index (χ1n) is 12.6. The number of benzene rings is 1. The van der Waals surface area contributed by atoms with E-state index in [0.717, 1.165) is 6.07 Å². The summed E-state index contributed by atoms with van der Waals surface area (Å²) in [6, 6.07) is 2.59. The normalized spacial score (nSPS) is 25.2. The maximum Gasteiger partial charge on any atom is 0.408 e. The van der Waals surface area contributed by atoms with Gasteiger partial charge in [0.1, 0.15) is 29.3 Å². The molecule has 0 aliphatic carbocycles. The lowest BCUT2D eigenvalue weighted by Crippen LogP contribution is -2.59. The monoisotopic (exact) mass is 517 g/mol. The van der Waals surface area contributed by atoms with Crippen molar-refractivity contribution >= 4 is 17.9 Å². The highest BCUT2D eigenvalue weighted by Gasteiger charge is 2.52. The molecule has 3 aliphatic rings. The molecule has 9 nitrogen and oxygen atoms in total. The number of piperazine rings is 1. The molecule has 2 bridgehead atoms. The average molecular weight is 518 g/mol. The van der Waals surface area contributed by atoms with Crippen LogP contribution < -0.4 is 5.32 Å². The molecule has 0 aromatic heterocycles. The van der Waals surface area contributed by atoms with Gasteiger partial charge in [0, 0.05) is 31.7 Å². The number of nitriles is 1. The van der Waals surface area contributed by atoms with Crippen molar-refractivity contribution < 1.29 is 27.9 Å². The number of carbonyl (C=O) groups excluding carboxylic acids is 3. The van der Waals surface area contributed by atoms with Gasteiger partial charge in [0.2, 0.25) is 11.8 Å². The summed E-state index contributed by atoms with van der Waals surface area (Å²) in [6.45, 7) is 7.83. The minimum atomic E-state index is -1.00. The molecule has 1 aromatic rings. The van der Waals surface area contributed by atoms with Crippen molar-refractivity contribution in [2.24, 2.45) is 0 Å². The summed E-state index contributed by atoms with van der Waals surface area (Å²) in [5, 5.41) is 12.1. The predicted octanol–water partition coefficient (Wildman–Crippen LogP) is 2.72. The van der Waals surface area contributed by atoms with Gasteiger partial charge >= 0.3 is 6.09 Å². The fourth-order valence-corrected chi connectivity index (χ4v) is 5.61. The van der Waals surface area contributed by atoms with Crippen molar-refractivity contribution in [1.29, 1.82) is 5.26 Å². The zero-order chi connectivity index (χ0) is 27.1. The lowest BCUT2D eigenvalue weighted by atomic mass is 10.0. The van der Waals surface area contributed by atoms with Crippen LogP contribution in [0.1, 0.15) is 58.6 Å². The van der Waals surface area contributed by atoms with E-state index in [1.807, 2.05) is 4.90 Å². The van der Waals surface area contributed by atoms with Crippen molar-refractivity contribution in [3.8, 4) is 6.07 Å². The number of amides is 3. The number of fused-ring (bicyclic) bond motifs is 2. The summed E-state index contributed by atoms with van der Waals surface area (Å²) in [5.74, 6) is -1.97. The van der Waals surface area contributed by atoms with E-state index in [1.165, 1.54) is 17.0 Å². The van der Waals surface area contributed by atoms with Gasteiger partial charge in [-0.3, -0.25) is 14.5 Å². The molecule has 3 fully saturated rings. The Bertz CT molecular complexity index is 1100. The van der Waals surface area contributed by atoms with Crippen LogP contribution in [0, 0.1) is 23.0 Å². The molecule has 3 aliphatic heterocycles. The zero-order valence-electron chi connectivity index (χ0n) is 21.5. The first-order chi connectivity index (χ1) is 17.4. The van der Waals surface area contributed by atoms with Gasteiger partial charge in [0.05, 0.1) is 18.2 Å². The van der Waals surface area contributed by atoms with Gasteiger partial charge in [-0.1, -0.05) is 0 Å². The fourth-order valence-electron chi connectivity index (χ4n) is 5.61. The summed E-state index contributed by atoms with van der Waals surface area (Å²) >= 11 is 0. The molecule has 0 radical (unpaired) electrons. The molecule has 3 heterocycles. The van der Waals surface area contributed by atoms with Crippen molar-refractivity contribution in [1.82, 2.24) is 20.0 Å². The second-order valence-electron chi connectivity index (χ2n) is 11.0. The van der Waals surface area contributed by atoms with Crippen LogP contribution in [-0.2, 0) is 14.3 Å².